The Morgan fingerprint density at radius 3 is 2.30 bits per heavy atom. The standard InChI is InChI=1S/C21H28N2O3S/c1-15(2)18-9-7-17(8-10-18)6-5-13-22-21(24)19-11-12-20(16(3)14-19)23-27(4,25)26/h7-12,14-15,23H,5-6,13H2,1-4H3,(H,22,24). The average molecular weight is 389 g/mol. The molecule has 27 heavy (non-hydrogen) atoms. The summed E-state index contributed by atoms with van der Waals surface area (Å²) in [5.74, 6) is 0.375. The molecule has 0 saturated heterocycles. The first kappa shape index (κ1) is 21.0. The van der Waals surface area contributed by atoms with E-state index in [2.05, 4.69) is 48.2 Å². The second-order valence-corrected chi connectivity index (χ2v) is 8.91. The van der Waals surface area contributed by atoms with Crippen molar-refractivity contribution in [1.82, 2.24) is 5.32 Å². The van der Waals surface area contributed by atoms with Crippen molar-refractivity contribution in [2.75, 3.05) is 17.5 Å². The Balaban J connectivity index is 1.84. The molecule has 2 rings (SSSR count). The second-order valence-electron chi connectivity index (χ2n) is 7.16. The quantitative estimate of drug-likeness (QED) is 0.675. The lowest BCUT2D eigenvalue weighted by atomic mass is 10.0. The molecule has 0 saturated carbocycles. The minimum atomic E-state index is -3.33. The van der Waals surface area contributed by atoms with Gasteiger partial charge >= 0.3 is 0 Å². The third-order valence-corrected chi connectivity index (χ3v) is 4.95. The molecule has 1 amide bonds. The topological polar surface area (TPSA) is 75.3 Å². The first-order valence-corrected chi connectivity index (χ1v) is 11.0. The van der Waals surface area contributed by atoms with E-state index in [4.69, 9.17) is 0 Å². The van der Waals surface area contributed by atoms with Crippen LogP contribution in [0.1, 0.15) is 53.2 Å². The van der Waals surface area contributed by atoms with Gasteiger partial charge in [0, 0.05) is 12.1 Å². The van der Waals surface area contributed by atoms with Crippen LogP contribution in [-0.2, 0) is 16.4 Å². The Morgan fingerprint density at radius 1 is 1.07 bits per heavy atom. The van der Waals surface area contributed by atoms with E-state index in [9.17, 15) is 13.2 Å². The summed E-state index contributed by atoms with van der Waals surface area (Å²) in [4.78, 5) is 12.3. The molecule has 5 nitrogen and oxygen atoms in total. The molecule has 0 atom stereocenters. The summed E-state index contributed by atoms with van der Waals surface area (Å²) in [6.07, 6.45) is 2.87. The van der Waals surface area contributed by atoms with E-state index in [1.54, 1.807) is 25.1 Å². The van der Waals surface area contributed by atoms with Crippen LogP contribution in [0.4, 0.5) is 5.69 Å². The molecule has 0 bridgehead atoms. The predicted octanol–water partition coefficient (Wildman–Crippen LogP) is 3.85. The number of carbonyl (C=O) groups is 1. The number of amides is 1. The van der Waals surface area contributed by atoms with Gasteiger partial charge in [0.05, 0.1) is 11.9 Å². The maximum absolute atomic E-state index is 12.3. The smallest absolute Gasteiger partial charge is 0.251 e. The maximum atomic E-state index is 12.3. The fraction of sp³-hybridized carbons (Fsp3) is 0.381. The SMILES string of the molecule is Cc1cc(C(=O)NCCCc2ccc(C(C)C)cc2)ccc1NS(C)(=O)=O. The van der Waals surface area contributed by atoms with E-state index in [0.717, 1.165) is 19.1 Å². The monoisotopic (exact) mass is 388 g/mol. The number of benzene rings is 2. The van der Waals surface area contributed by atoms with Gasteiger partial charge in [0.2, 0.25) is 10.0 Å². The zero-order chi connectivity index (χ0) is 20.0. The van der Waals surface area contributed by atoms with Gasteiger partial charge in [-0.15, -0.1) is 0 Å². The summed E-state index contributed by atoms with van der Waals surface area (Å²) in [6.45, 7) is 6.71. The molecule has 0 unspecified atom stereocenters. The lowest BCUT2D eigenvalue weighted by Crippen LogP contribution is -2.25. The average Bonchev–Trinajstić information content (AvgIpc) is 2.59. The molecule has 0 aromatic heterocycles. The molecule has 0 radical (unpaired) electrons. The van der Waals surface area contributed by atoms with E-state index < -0.39 is 10.0 Å². The maximum Gasteiger partial charge on any atom is 0.251 e. The van der Waals surface area contributed by atoms with Crippen LogP contribution < -0.4 is 10.0 Å². The first-order chi connectivity index (χ1) is 12.7. The number of carbonyl (C=O) groups excluding carboxylic acids is 1. The van der Waals surface area contributed by atoms with Crippen LogP contribution >= 0.6 is 0 Å². The third-order valence-electron chi connectivity index (χ3n) is 4.36. The zero-order valence-electron chi connectivity index (χ0n) is 16.4. The van der Waals surface area contributed by atoms with Crippen molar-refractivity contribution in [3.63, 3.8) is 0 Å². The molecule has 0 aliphatic heterocycles. The van der Waals surface area contributed by atoms with Gasteiger partial charge in [-0.2, -0.15) is 0 Å². The van der Waals surface area contributed by atoms with Gasteiger partial charge in [-0.05, 0) is 60.6 Å². The molecule has 146 valence electrons. The van der Waals surface area contributed by atoms with Gasteiger partial charge < -0.3 is 5.32 Å². The van der Waals surface area contributed by atoms with Crippen molar-refractivity contribution < 1.29 is 13.2 Å². The second kappa shape index (κ2) is 9.04. The number of aryl methyl sites for hydroxylation is 2. The highest BCUT2D eigenvalue weighted by atomic mass is 32.2. The normalized spacial score (nSPS) is 11.4. The molecule has 0 heterocycles. The number of anilines is 1. The molecule has 0 fully saturated rings. The lowest BCUT2D eigenvalue weighted by molar-refractivity contribution is 0.0953. The van der Waals surface area contributed by atoms with E-state index >= 15 is 0 Å². The molecule has 6 heteroatoms. The highest BCUT2D eigenvalue weighted by Gasteiger charge is 2.10. The lowest BCUT2D eigenvalue weighted by Gasteiger charge is -2.10. The van der Waals surface area contributed by atoms with Crippen LogP contribution in [0.5, 0.6) is 0 Å². The highest BCUT2D eigenvalue weighted by Crippen LogP contribution is 2.18. The van der Waals surface area contributed by atoms with Crippen molar-refractivity contribution in [2.24, 2.45) is 0 Å². The van der Waals surface area contributed by atoms with Crippen molar-refractivity contribution in [3.8, 4) is 0 Å². The summed E-state index contributed by atoms with van der Waals surface area (Å²) in [7, 11) is -3.33. The van der Waals surface area contributed by atoms with Gasteiger partial charge in [-0.1, -0.05) is 38.1 Å². The van der Waals surface area contributed by atoms with Crippen molar-refractivity contribution in [1.29, 1.82) is 0 Å². The van der Waals surface area contributed by atoms with Crippen molar-refractivity contribution in [3.05, 3.63) is 64.7 Å². The Kier molecular flexibility index (Phi) is 7.02. The van der Waals surface area contributed by atoms with Crippen LogP contribution in [0.3, 0.4) is 0 Å². The molecular weight excluding hydrogens is 360 g/mol. The van der Waals surface area contributed by atoms with E-state index in [1.165, 1.54) is 11.1 Å². The van der Waals surface area contributed by atoms with Gasteiger partial charge in [0.1, 0.15) is 0 Å². The number of hydrogen-bond acceptors (Lipinski definition) is 3. The minimum absolute atomic E-state index is 0.154. The number of nitrogens with one attached hydrogen (secondary N) is 2. The molecular formula is C21H28N2O3S. The molecule has 2 N–H and O–H groups in total. The number of hydrogen-bond donors (Lipinski definition) is 2. The van der Waals surface area contributed by atoms with E-state index in [-0.39, 0.29) is 5.91 Å². The number of sulfonamides is 1. The van der Waals surface area contributed by atoms with Crippen molar-refractivity contribution in [2.45, 2.75) is 39.5 Å². The summed E-state index contributed by atoms with van der Waals surface area (Å²) < 4.78 is 25.1. The molecule has 2 aromatic carbocycles. The third kappa shape index (κ3) is 6.71. The van der Waals surface area contributed by atoms with Crippen molar-refractivity contribution >= 4 is 21.6 Å². The van der Waals surface area contributed by atoms with Crippen LogP contribution in [0.2, 0.25) is 0 Å². The summed E-state index contributed by atoms with van der Waals surface area (Å²) in [6, 6.07) is 13.5. The van der Waals surface area contributed by atoms with Crippen LogP contribution in [0.25, 0.3) is 0 Å². The van der Waals surface area contributed by atoms with E-state index in [0.29, 0.717) is 29.3 Å². The molecule has 2 aromatic rings. The van der Waals surface area contributed by atoms with Gasteiger partial charge in [-0.25, -0.2) is 8.42 Å². The predicted molar refractivity (Wildman–Crippen MR) is 111 cm³/mol. The minimum Gasteiger partial charge on any atom is -0.352 e. The van der Waals surface area contributed by atoms with Crippen LogP contribution in [-0.4, -0.2) is 27.1 Å². The van der Waals surface area contributed by atoms with E-state index in [1.807, 2.05) is 0 Å². The summed E-state index contributed by atoms with van der Waals surface area (Å²) in [5.41, 5.74) is 4.31. The van der Waals surface area contributed by atoms with Gasteiger partial charge in [0.25, 0.3) is 5.91 Å². The van der Waals surface area contributed by atoms with Gasteiger partial charge in [-0.3, -0.25) is 9.52 Å². The Morgan fingerprint density at radius 2 is 1.74 bits per heavy atom. The fourth-order valence-corrected chi connectivity index (χ4v) is 3.41. The van der Waals surface area contributed by atoms with Crippen LogP contribution in [0, 0.1) is 6.92 Å². The molecule has 0 spiro atoms. The highest BCUT2D eigenvalue weighted by molar-refractivity contribution is 7.92. The van der Waals surface area contributed by atoms with Crippen LogP contribution in [0.15, 0.2) is 42.5 Å². The molecule has 0 aliphatic carbocycles. The molecule has 0 aliphatic rings. The largest absolute Gasteiger partial charge is 0.352 e. The summed E-state index contributed by atoms with van der Waals surface area (Å²) >= 11 is 0. The Bertz CT molecular complexity index is 888. The zero-order valence-corrected chi connectivity index (χ0v) is 17.2. The summed E-state index contributed by atoms with van der Waals surface area (Å²) in [5, 5.41) is 2.92. The first-order valence-electron chi connectivity index (χ1n) is 9.11. The van der Waals surface area contributed by atoms with Gasteiger partial charge in [0.15, 0.2) is 0 Å². The Labute approximate surface area is 162 Å². The fourth-order valence-electron chi connectivity index (χ4n) is 2.78. The number of rotatable bonds is 8. The Hall–Kier alpha value is -2.34.